The molecule has 0 radical (unpaired) electrons. The van der Waals surface area contributed by atoms with Crippen molar-refractivity contribution < 1.29 is 29.3 Å². The SMILES string of the molecule is C=P(O)(O)CCNCCn1c2nc(=O)[nH]c(=O)c-2nc2cc(C)c(C)cc21.CC(=O)CCCNCCn1c2nc(=O)[nH]c(=O)c-2nc2cc(C)c(C)cc21.CC(=O)c1cccc(NCCn2c3nc(=O)[nH]c(=O)c-3nc3cc(C)c(C)cc32)c1.Cc1cc2nc3c(=O)[nH]c(=O)nc-3n(CCNCC[C@H](C)C(=O)O)c2cc1C. The van der Waals surface area contributed by atoms with E-state index < -0.39 is 64.2 Å². The number of anilines is 1. The van der Waals surface area contributed by atoms with Crippen LogP contribution in [0.25, 0.3) is 90.2 Å². The summed E-state index contributed by atoms with van der Waals surface area (Å²) in [5.41, 5.74) is 11.3. The molecule has 0 saturated carbocycles. The Kier molecular flexibility index (Phi) is 26.3. The molecule has 8 aliphatic heterocycles. The van der Waals surface area contributed by atoms with E-state index in [1.807, 2.05) is 130 Å². The van der Waals surface area contributed by atoms with E-state index in [0.717, 1.165) is 85.2 Å². The quantitative estimate of drug-likeness (QED) is 0.0161. The molecule has 34 nitrogen and oxygen atoms in total. The highest BCUT2D eigenvalue weighted by Crippen LogP contribution is 2.33. The van der Waals surface area contributed by atoms with Gasteiger partial charge in [-0.15, -0.1) is 0 Å². The molecule has 0 bridgehead atoms. The van der Waals surface area contributed by atoms with Crippen LogP contribution < -0.4 is 66.3 Å². The van der Waals surface area contributed by atoms with E-state index in [9.17, 15) is 62.5 Å². The largest absolute Gasteiger partial charge is 0.481 e. The molecular formula is C77H89N20O14P. The van der Waals surface area contributed by atoms with Crippen LogP contribution in [0.5, 0.6) is 0 Å². The van der Waals surface area contributed by atoms with Crippen LogP contribution in [-0.4, -0.2) is 169 Å². The first-order chi connectivity index (χ1) is 53.1. The Labute approximate surface area is 638 Å². The molecule has 0 spiro atoms. The Hall–Kier alpha value is -12.1. The minimum Gasteiger partial charge on any atom is -0.481 e. The highest BCUT2D eigenvalue weighted by Gasteiger charge is 2.25. The lowest BCUT2D eigenvalue weighted by Crippen LogP contribution is -2.30. The smallest absolute Gasteiger partial charge is 0.349 e. The van der Waals surface area contributed by atoms with E-state index in [1.165, 1.54) is 6.92 Å². The van der Waals surface area contributed by atoms with Crippen molar-refractivity contribution in [2.24, 2.45) is 5.92 Å². The summed E-state index contributed by atoms with van der Waals surface area (Å²) in [5, 5.41) is 21.8. The van der Waals surface area contributed by atoms with Gasteiger partial charge in [0, 0.05) is 82.7 Å². The predicted molar refractivity (Wildman–Crippen MR) is 430 cm³/mol. The van der Waals surface area contributed by atoms with Gasteiger partial charge in [0.25, 0.3) is 22.2 Å². The van der Waals surface area contributed by atoms with Gasteiger partial charge in [-0.2, -0.15) is 19.9 Å². The van der Waals surface area contributed by atoms with E-state index in [0.29, 0.717) is 106 Å². The molecule has 0 unspecified atom stereocenters. The van der Waals surface area contributed by atoms with Gasteiger partial charge in [-0.05, 0) is 200 Å². The standard InChI is InChI=1S/C22H21N5O3.C19H23N5O4.C19H23N5O3.C17H22N5O4P/c1-12-9-17-18(10-13(12)2)27(20-19(24-17)21(29)26-22(30)25-20)8-7-23-16-6-4-5-15(11-16)14(3)28;1-10(18(26)27)4-5-20-6-7-24-14-9-12(3)11(2)8-13(14)21-15-16(24)22-19(28)23-17(15)25;1-11-9-14-15(10-12(11)2)24(8-7-20-6-4-5-13(3)25)17-16(21-14)18(26)23-19(27)22-17;1-10-8-12-13(9-11(10)2)22(6-4-18-5-7-27(3,25)26)15-14(19-12)16(23)21-17(24)20-15/h4-6,9-11,23H,7-8H2,1-3H3,(H,26,29,30);8-10,20H,4-7H2,1-3H3,(H,26,27)(H,23,25,28);9-10,20H,4-8H2,1-3H3,(H,23,26,27);8-9,18,25-26H,3-7H2,1-2H3,(H,21,23,24)/t;10-;;/m.0../s1. The number of nitrogens with zero attached hydrogens (tertiary/aromatic N) is 12. The number of benzene rings is 5. The summed E-state index contributed by atoms with van der Waals surface area (Å²) in [4.78, 5) is 191. The zero-order valence-electron chi connectivity index (χ0n) is 64.0. The fourth-order valence-corrected chi connectivity index (χ4v) is 12.9. The zero-order chi connectivity index (χ0) is 81.2. The molecule has 11 N–H and O–H groups in total. The number of carboxylic acids is 1. The summed E-state index contributed by atoms with van der Waals surface area (Å²) in [6, 6.07) is 22.8. The molecule has 1 atom stereocenters. The molecule has 0 fully saturated rings. The fraction of sp³-hybridized carbons (Fsp3) is 0.351. The third kappa shape index (κ3) is 20.1. The molecule has 5 aromatic carbocycles. The molecule has 13 rings (SSSR count). The first kappa shape index (κ1) is 82.4. The van der Waals surface area contributed by atoms with Gasteiger partial charge in [-0.3, -0.25) is 48.7 Å². The number of fused-ring (bicyclic) bond motifs is 8. The van der Waals surface area contributed by atoms with Crippen LogP contribution in [0.2, 0.25) is 0 Å². The van der Waals surface area contributed by atoms with Gasteiger partial charge in [0.05, 0.1) is 50.1 Å². The molecule has 5 aromatic rings. The summed E-state index contributed by atoms with van der Waals surface area (Å²) < 4.78 is 7.30. The molecule has 0 aliphatic carbocycles. The minimum atomic E-state index is -3.06. The van der Waals surface area contributed by atoms with E-state index in [2.05, 4.69) is 87.4 Å². The predicted octanol–water partition coefficient (Wildman–Crippen LogP) is 4.63. The van der Waals surface area contributed by atoms with Crippen molar-refractivity contribution >= 4 is 81.0 Å². The maximum atomic E-state index is 12.3. The second kappa shape index (κ2) is 35.7. The number of carboxylic acid groups (broad SMARTS) is 1. The number of aliphatic carboxylic acids is 1. The zero-order valence-corrected chi connectivity index (χ0v) is 64.9. The Morgan fingerprint density at radius 2 is 0.768 bits per heavy atom. The number of H-pyrrole nitrogens is 4. The topological polar surface area (TPSA) is 483 Å². The Morgan fingerprint density at radius 3 is 1.09 bits per heavy atom. The van der Waals surface area contributed by atoms with Gasteiger partial charge in [0.15, 0.2) is 51.9 Å². The van der Waals surface area contributed by atoms with Gasteiger partial charge < -0.3 is 59.2 Å². The van der Waals surface area contributed by atoms with Crippen LogP contribution in [0.15, 0.2) is 111 Å². The highest BCUT2D eigenvalue weighted by molar-refractivity contribution is 7.62. The van der Waals surface area contributed by atoms with Crippen molar-refractivity contribution in [1.82, 2.24) is 94.0 Å². The lowest BCUT2D eigenvalue weighted by atomic mass is 10.1. The van der Waals surface area contributed by atoms with Crippen LogP contribution >= 0.6 is 7.34 Å². The maximum Gasteiger partial charge on any atom is 0.349 e. The van der Waals surface area contributed by atoms with Crippen LogP contribution in [0.3, 0.4) is 0 Å². The second-order valence-electron chi connectivity index (χ2n) is 27.7. The molecule has 586 valence electrons. The minimum absolute atomic E-state index is 0.00334. The van der Waals surface area contributed by atoms with Crippen LogP contribution in [0.4, 0.5) is 5.69 Å². The van der Waals surface area contributed by atoms with Gasteiger partial charge in [0.2, 0.25) is 0 Å². The second-order valence-corrected chi connectivity index (χ2v) is 29.9. The summed E-state index contributed by atoms with van der Waals surface area (Å²) in [5.74, 6) is -0.0688. The number of hydrogen-bond acceptors (Lipinski definition) is 25. The molecule has 35 heteroatoms. The number of aromatic amines is 4. The Bertz CT molecular complexity index is 6190. The van der Waals surface area contributed by atoms with Crippen molar-refractivity contribution in [1.29, 1.82) is 0 Å². The van der Waals surface area contributed by atoms with E-state index in [4.69, 9.17) is 5.11 Å². The highest BCUT2D eigenvalue weighted by atomic mass is 31.2. The molecule has 0 aromatic heterocycles. The number of ketones is 2. The first-order valence-corrected chi connectivity index (χ1v) is 38.2. The van der Waals surface area contributed by atoms with Crippen LogP contribution in [0.1, 0.15) is 94.9 Å². The van der Waals surface area contributed by atoms with Crippen molar-refractivity contribution in [3.05, 3.63) is 206 Å². The Morgan fingerprint density at radius 1 is 0.446 bits per heavy atom. The number of aromatic nitrogens is 16. The van der Waals surface area contributed by atoms with Crippen molar-refractivity contribution in [2.75, 3.05) is 57.3 Å². The van der Waals surface area contributed by atoms with E-state index >= 15 is 0 Å². The summed E-state index contributed by atoms with van der Waals surface area (Å²) in [6.07, 6.45) is 5.35. The van der Waals surface area contributed by atoms with Crippen molar-refractivity contribution in [3.8, 4) is 46.1 Å². The van der Waals surface area contributed by atoms with Crippen LogP contribution in [-0.2, 0) is 35.8 Å². The number of carbonyl (C=O) groups is 3. The fourth-order valence-electron chi connectivity index (χ4n) is 12.4. The molecule has 8 aliphatic rings. The lowest BCUT2D eigenvalue weighted by Gasteiger charge is -2.18. The molecule has 0 saturated heterocycles. The summed E-state index contributed by atoms with van der Waals surface area (Å²) in [7, 11) is -3.06. The molecular weight excluding hydrogens is 1460 g/mol. The average molecular weight is 1550 g/mol. The number of hydrogen-bond donors (Lipinski definition) is 11. The normalized spacial score (nSPS) is 11.8. The van der Waals surface area contributed by atoms with E-state index in [-0.39, 0.29) is 63.8 Å². The first-order valence-electron chi connectivity index (χ1n) is 36.2. The maximum absolute atomic E-state index is 12.3. The van der Waals surface area contributed by atoms with Gasteiger partial charge in [0.1, 0.15) is 13.1 Å². The third-order valence-corrected chi connectivity index (χ3v) is 20.0. The van der Waals surface area contributed by atoms with Gasteiger partial charge in [-0.1, -0.05) is 25.4 Å². The van der Waals surface area contributed by atoms with Crippen molar-refractivity contribution in [3.63, 3.8) is 0 Å². The van der Waals surface area contributed by atoms with Crippen LogP contribution in [0, 0.1) is 61.3 Å². The van der Waals surface area contributed by atoms with Crippen molar-refractivity contribution in [2.45, 2.75) is 122 Å². The van der Waals surface area contributed by atoms with E-state index in [1.54, 1.807) is 30.5 Å². The molecule has 8 heterocycles. The number of nitrogens with one attached hydrogen (secondary N) is 8. The number of aryl methyl sites for hydroxylation is 8. The molecule has 0 amide bonds. The lowest BCUT2D eigenvalue weighted by molar-refractivity contribution is -0.141. The summed E-state index contributed by atoms with van der Waals surface area (Å²) >= 11 is 0. The monoisotopic (exact) mass is 1550 g/mol. The van der Waals surface area contributed by atoms with Gasteiger partial charge >= 0.3 is 28.7 Å². The summed E-state index contributed by atoms with van der Waals surface area (Å²) in [6.45, 7) is 26.3. The molecule has 112 heavy (non-hydrogen) atoms. The number of carbonyl (C=O) groups excluding carboxylic acids is 2. The number of rotatable bonds is 25. The average Bonchev–Trinajstić information content (AvgIpc) is 0.776. The number of Topliss-reactive ketones (excluding diaryl/α,β-unsaturated/α-hetero) is 2. The Balaban J connectivity index is 0.000000159. The van der Waals surface area contributed by atoms with Gasteiger partial charge in [-0.25, -0.2) is 39.1 Å². The third-order valence-electron chi connectivity index (χ3n) is 19.1.